The maximum absolute atomic E-state index is 13.1. The van der Waals surface area contributed by atoms with Gasteiger partial charge in [-0.1, -0.05) is 35.3 Å². The second-order valence-electron chi connectivity index (χ2n) is 7.21. The molecule has 0 bridgehead atoms. The van der Waals surface area contributed by atoms with E-state index in [9.17, 15) is 14.7 Å². The Morgan fingerprint density at radius 3 is 2.38 bits per heavy atom. The van der Waals surface area contributed by atoms with Crippen molar-refractivity contribution in [3.8, 4) is 5.75 Å². The van der Waals surface area contributed by atoms with Crippen molar-refractivity contribution in [2.24, 2.45) is 0 Å². The third kappa shape index (κ3) is 3.77. The summed E-state index contributed by atoms with van der Waals surface area (Å²) in [6.07, 6.45) is 0. The molecule has 1 fully saturated rings. The number of ketones is 1. The Kier molecular flexibility index (Phi) is 5.99. The number of rotatable bonds is 4. The van der Waals surface area contributed by atoms with Crippen LogP contribution in [0.2, 0.25) is 10.0 Å². The van der Waals surface area contributed by atoms with Crippen molar-refractivity contribution in [3.63, 3.8) is 0 Å². The third-order valence-electron chi connectivity index (χ3n) is 5.28. The van der Waals surface area contributed by atoms with Gasteiger partial charge in [0.25, 0.3) is 5.78 Å². The minimum atomic E-state index is -0.877. The number of nitrogens with zero attached hydrogens (tertiary/aromatic N) is 2. The molecule has 1 N–H and O–H groups in total. The molecule has 2 aromatic carbocycles. The number of thiazole rings is 1. The fourth-order valence-corrected chi connectivity index (χ4v) is 4.84. The summed E-state index contributed by atoms with van der Waals surface area (Å²) in [4.78, 5) is 33.0. The molecule has 1 atom stereocenters. The zero-order chi connectivity index (χ0) is 23.2. The molecule has 0 radical (unpaired) electrons. The van der Waals surface area contributed by atoms with Crippen LogP contribution in [-0.2, 0) is 9.59 Å². The average Bonchev–Trinajstić information content (AvgIpc) is 3.23. The lowest BCUT2D eigenvalue weighted by Crippen LogP contribution is -2.29. The van der Waals surface area contributed by atoms with Gasteiger partial charge in [0.05, 0.1) is 29.4 Å². The summed E-state index contributed by atoms with van der Waals surface area (Å²) in [5.41, 5.74) is 1.62. The number of hydrogen-bond donors (Lipinski definition) is 1. The molecule has 0 spiro atoms. The van der Waals surface area contributed by atoms with Crippen LogP contribution in [0.5, 0.6) is 5.75 Å². The summed E-state index contributed by atoms with van der Waals surface area (Å²) in [6.45, 7) is 3.73. The number of benzene rings is 2. The maximum Gasteiger partial charge on any atom is 0.301 e. The van der Waals surface area contributed by atoms with E-state index < -0.39 is 17.7 Å². The molecule has 164 valence electrons. The van der Waals surface area contributed by atoms with Crippen molar-refractivity contribution >= 4 is 57.1 Å². The Morgan fingerprint density at radius 1 is 1.12 bits per heavy atom. The second-order valence-corrected chi connectivity index (χ2v) is 9.23. The number of hydrogen-bond acceptors (Lipinski definition) is 6. The number of aromatic nitrogens is 1. The molecule has 1 amide bonds. The number of aryl methyl sites for hydroxylation is 2. The number of aliphatic hydroxyl groups is 1. The van der Waals surface area contributed by atoms with Crippen molar-refractivity contribution < 1.29 is 19.4 Å². The SMILES string of the molecule is COc1ccc(/C(O)=C2\C(=O)C(=O)N(c3nc(C)c(C)s3)[C@@H]2c2ccc(Cl)cc2)cc1Cl. The monoisotopic (exact) mass is 488 g/mol. The number of amides is 1. The Labute approximate surface area is 198 Å². The highest BCUT2D eigenvalue weighted by atomic mass is 35.5. The van der Waals surface area contributed by atoms with Crippen LogP contribution in [0.4, 0.5) is 5.13 Å². The van der Waals surface area contributed by atoms with Crippen LogP contribution in [0.1, 0.15) is 27.7 Å². The van der Waals surface area contributed by atoms with E-state index in [0.29, 0.717) is 27.0 Å². The summed E-state index contributed by atoms with van der Waals surface area (Å²) >= 11 is 13.6. The molecular formula is C23H18Cl2N2O4S. The Bertz CT molecular complexity index is 1250. The molecule has 0 aliphatic carbocycles. The van der Waals surface area contributed by atoms with Crippen LogP contribution in [0.15, 0.2) is 48.0 Å². The van der Waals surface area contributed by atoms with Gasteiger partial charge in [-0.15, -0.1) is 11.3 Å². The fourth-order valence-electron chi connectivity index (χ4n) is 3.52. The van der Waals surface area contributed by atoms with E-state index in [4.69, 9.17) is 27.9 Å². The van der Waals surface area contributed by atoms with Gasteiger partial charge in [-0.3, -0.25) is 14.5 Å². The van der Waals surface area contributed by atoms with Gasteiger partial charge in [-0.05, 0) is 49.7 Å². The smallest absolute Gasteiger partial charge is 0.301 e. The molecule has 3 aromatic rings. The number of halogens is 2. The van der Waals surface area contributed by atoms with Crippen LogP contribution in [0, 0.1) is 13.8 Å². The molecule has 0 unspecified atom stereocenters. The van der Waals surface area contributed by atoms with Gasteiger partial charge in [0, 0.05) is 15.5 Å². The predicted molar refractivity (Wildman–Crippen MR) is 126 cm³/mol. The fraction of sp³-hybridized carbons (Fsp3) is 0.174. The second kappa shape index (κ2) is 8.58. The lowest BCUT2D eigenvalue weighted by Gasteiger charge is -2.23. The molecule has 0 saturated carbocycles. The summed E-state index contributed by atoms with van der Waals surface area (Å²) in [5.74, 6) is -1.48. The van der Waals surface area contributed by atoms with Crippen molar-refractivity contribution in [2.45, 2.75) is 19.9 Å². The van der Waals surface area contributed by atoms with E-state index in [1.54, 1.807) is 36.4 Å². The maximum atomic E-state index is 13.1. The highest BCUT2D eigenvalue weighted by Crippen LogP contribution is 2.44. The number of carbonyl (C=O) groups is 2. The van der Waals surface area contributed by atoms with E-state index in [2.05, 4.69) is 4.98 Å². The van der Waals surface area contributed by atoms with Gasteiger partial charge in [0.2, 0.25) is 0 Å². The molecule has 1 aliphatic heterocycles. The number of methoxy groups -OCH3 is 1. The normalized spacial score (nSPS) is 17.8. The topological polar surface area (TPSA) is 79.7 Å². The largest absolute Gasteiger partial charge is 0.507 e. The van der Waals surface area contributed by atoms with Crippen molar-refractivity contribution in [1.82, 2.24) is 4.98 Å². The van der Waals surface area contributed by atoms with E-state index in [-0.39, 0.29) is 16.4 Å². The standard InChI is InChI=1S/C23H18Cl2N2O4S/c1-11-12(2)32-23(26-11)27-19(13-4-7-15(24)8-5-13)18(21(29)22(27)30)20(28)14-6-9-17(31-3)16(25)10-14/h4-10,19,28H,1-3H3/b20-18+/t19-/m1/s1. The Balaban J connectivity index is 1.94. The van der Waals surface area contributed by atoms with Gasteiger partial charge >= 0.3 is 5.91 Å². The summed E-state index contributed by atoms with van der Waals surface area (Å²) in [6, 6.07) is 10.5. The van der Waals surface area contributed by atoms with Crippen molar-refractivity contribution in [2.75, 3.05) is 12.0 Å². The van der Waals surface area contributed by atoms with Crippen LogP contribution < -0.4 is 9.64 Å². The molecular weight excluding hydrogens is 471 g/mol. The quantitative estimate of drug-likeness (QED) is 0.289. The molecule has 2 heterocycles. The molecule has 1 aromatic heterocycles. The Hall–Kier alpha value is -2.87. The number of ether oxygens (including phenoxy) is 1. The van der Waals surface area contributed by atoms with E-state index >= 15 is 0 Å². The molecule has 6 nitrogen and oxygen atoms in total. The Morgan fingerprint density at radius 2 is 1.81 bits per heavy atom. The van der Waals surface area contributed by atoms with Crippen molar-refractivity contribution in [1.29, 1.82) is 0 Å². The number of Topliss-reactive ketones (excluding diaryl/α,β-unsaturated/α-hetero) is 1. The lowest BCUT2D eigenvalue weighted by atomic mass is 9.95. The zero-order valence-electron chi connectivity index (χ0n) is 17.3. The first kappa shape index (κ1) is 22.3. The predicted octanol–water partition coefficient (Wildman–Crippen LogP) is 5.70. The first-order valence-electron chi connectivity index (χ1n) is 9.57. The van der Waals surface area contributed by atoms with Gasteiger partial charge in [-0.2, -0.15) is 0 Å². The minimum Gasteiger partial charge on any atom is -0.507 e. The molecule has 4 rings (SSSR count). The number of anilines is 1. The average molecular weight is 489 g/mol. The number of aliphatic hydroxyl groups excluding tert-OH is 1. The molecule has 9 heteroatoms. The van der Waals surface area contributed by atoms with Gasteiger partial charge in [-0.25, -0.2) is 4.98 Å². The summed E-state index contributed by atoms with van der Waals surface area (Å²) in [7, 11) is 1.48. The molecule has 1 aliphatic rings. The lowest BCUT2D eigenvalue weighted by molar-refractivity contribution is -0.132. The number of carbonyl (C=O) groups excluding carboxylic acids is 2. The third-order valence-corrected chi connectivity index (χ3v) is 6.90. The van der Waals surface area contributed by atoms with E-state index in [1.807, 2.05) is 13.8 Å². The zero-order valence-corrected chi connectivity index (χ0v) is 19.7. The first-order chi connectivity index (χ1) is 15.2. The van der Waals surface area contributed by atoms with Gasteiger partial charge < -0.3 is 9.84 Å². The van der Waals surface area contributed by atoms with Crippen molar-refractivity contribution in [3.05, 3.63) is 79.8 Å². The first-order valence-corrected chi connectivity index (χ1v) is 11.1. The van der Waals surface area contributed by atoms with Crippen LogP contribution in [0.25, 0.3) is 5.76 Å². The van der Waals surface area contributed by atoms with E-state index in [1.165, 1.54) is 29.4 Å². The highest BCUT2D eigenvalue weighted by molar-refractivity contribution is 7.16. The van der Waals surface area contributed by atoms with Crippen LogP contribution in [-0.4, -0.2) is 28.9 Å². The summed E-state index contributed by atoms with van der Waals surface area (Å²) in [5, 5.41) is 12.3. The minimum absolute atomic E-state index is 0.0518. The molecule has 32 heavy (non-hydrogen) atoms. The highest BCUT2D eigenvalue weighted by Gasteiger charge is 2.48. The van der Waals surface area contributed by atoms with Gasteiger partial charge in [0.15, 0.2) is 5.13 Å². The van der Waals surface area contributed by atoms with Crippen LogP contribution >= 0.6 is 34.5 Å². The van der Waals surface area contributed by atoms with Crippen LogP contribution in [0.3, 0.4) is 0 Å². The van der Waals surface area contributed by atoms with E-state index in [0.717, 1.165) is 10.6 Å². The molecule has 1 saturated heterocycles. The van der Waals surface area contributed by atoms with Gasteiger partial charge in [0.1, 0.15) is 11.5 Å². The summed E-state index contributed by atoms with van der Waals surface area (Å²) < 4.78 is 5.16.